The van der Waals surface area contributed by atoms with E-state index in [9.17, 15) is 0 Å². The van der Waals surface area contributed by atoms with Crippen LogP contribution in [0.5, 0.6) is 0 Å². The van der Waals surface area contributed by atoms with Gasteiger partial charge in [-0.1, -0.05) is 219 Å². The highest BCUT2D eigenvalue weighted by Gasteiger charge is 2.01. The lowest BCUT2D eigenvalue weighted by Gasteiger charge is -2.09. The topological polar surface area (TPSA) is 52.0 Å². The van der Waals surface area contributed by atoms with Crippen LogP contribution in [-0.4, -0.2) is 12.6 Å². The molecule has 2 nitrogen and oxygen atoms in total. The molecule has 0 spiro atoms. The fourth-order valence-electron chi connectivity index (χ4n) is 6.32. The van der Waals surface area contributed by atoms with Gasteiger partial charge in [-0.3, -0.25) is 0 Å². The Morgan fingerprint density at radius 2 is 0.500 bits per heavy atom. The normalized spacial score (nSPS) is 12.4. The number of nitrogens with two attached hydrogens (primary N) is 2. The van der Waals surface area contributed by atoms with Gasteiger partial charge in [-0.15, -0.1) is 0 Å². The van der Waals surface area contributed by atoms with E-state index in [1.807, 2.05) is 0 Å². The van der Waals surface area contributed by atoms with Crippen molar-refractivity contribution in [2.45, 2.75) is 238 Å². The molecule has 0 heterocycles. The van der Waals surface area contributed by atoms with Crippen LogP contribution in [0.15, 0.2) is 0 Å². The van der Waals surface area contributed by atoms with Gasteiger partial charge in [0.1, 0.15) is 0 Å². The SMILES string of the molecule is CCCCCCCCCCCCCCCCCCCCCCCCCCCCCCCCCCCC(N)CCN. The van der Waals surface area contributed by atoms with Gasteiger partial charge in [0.2, 0.25) is 0 Å². The summed E-state index contributed by atoms with van der Waals surface area (Å²) in [6, 6.07) is 0.337. The van der Waals surface area contributed by atoms with Crippen LogP contribution in [-0.2, 0) is 0 Å². The van der Waals surface area contributed by atoms with Crippen molar-refractivity contribution >= 4 is 0 Å². The van der Waals surface area contributed by atoms with E-state index in [4.69, 9.17) is 11.5 Å². The van der Waals surface area contributed by atoms with Crippen LogP contribution in [0.4, 0.5) is 0 Å². The molecule has 0 aromatic rings. The second kappa shape index (κ2) is 36.9. The molecule has 0 fully saturated rings. The van der Waals surface area contributed by atoms with Crippen LogP contribution in [0.25, 0.3) is 0 Å². The Balaban J connectivity index is 3.04. The van der Waals surface area contributed by atoms with Crippen molar-refractivity contribution < 1.29 is 0 Å². The lowest BCUT2D eigenvalue weighted by molar-refractivity contribution is 0.502. The van der Waals surface area contributed by atoms with Crippen molar-refractivity contribution in [3.63, 3.8) is 0 Å². The number of unbranched alkanes of at least 4 members (excludes halogenated alkanes) is 32. The standard InChI is InChI=1S/C38H80N2/c1-2-3-4-5-6-7-8-9-10-11-12-13-14-15-16-17-18-19-20-21-22-23-24-25-26-27-28-29-30-31-32-33-34-35-38(40)36-37-39/h38H,2-37,39-40H2,1H3. The Morgan fingerprint density at radius 1 is 0.300 bits per heavy atom. The maximum Gasteiger partial charge on any atom is 0.00508 e. The van der Waals surface area contributed by atoms with Crippen molar-refractivity contribution in [2.24, 2.45) is 11.5 Å². The second-order valence-corrected chi connectivity index (χ2v) is 13.4. The molecular weight excluding hydrogens is 484 g/mol. The zero-order valence-electron chi connectivity index (χ0n) is 28.2. The van der Waals surface area contributed by atoms with Gasteiger partial charge in [-0.25, -0.2) is 0 Å². The van der Waals surface area contributed by atoms with Gasteiger partial charge in [-0.05, 0) is 19.4 Å². The third kappa shape index (κ3) is 35.9. The summed E-state index contributed by atoms with van der Waals surface area (Å²) >= 11 is 0. The van der Waals surface area contributed by atoms with Crippen molar-refractivity contribution in [3.8, 4) is 0 Å². The highest BCUT2D eigenvalue weighted by Crippen LogP contribution is 2.17. The number of hydrogen-bond donors (Lipinski definition) is 2. The molecule has 0 aromatic carbocycles. The summed E-state index contributed by atoms with van der Waals surface area (Å²) in [6.07, 6.45) is 50.4. The average molecular weight is 565 g/mol. The van der Waals surface area contributed by atoms with Crippen molar-refractivity contribution in [2.75, 3.05) is 6.54 Å². The minimum absolute atomic E-state index is 0.337. The van der Waals surface area contributed by atoms with Gasteiger partial charge in [0, 0.05) is 6.04 Å². The minimum Gasteiger partial charge on any atom is -0.330 e. The molecule has 0 bridgehead atoms. The molecule has 242 valence electrons. The molecule has 0 radical (unpaired) electrons. The summed E-state index contributed by atoms with van der Waals surface area (Å²) < 4.78 is 0. The highest BCUT2D eigenvalue weighted by molar-refractivity contribution is 4.61. The summed E-state index contributed by atoms with van der Waals surface area (Å²) in [5.41, 5.74) is 11.6. The zero-order valence-corrected chi connectivity index (χ0v) is 28.2. The van der Waals surface area contributed by atoms with Crippen molar-refractivity contribution in [3.05, 3.63) is 0 Å². The summed E-state index contributed by atoms with van der Waals surface area (Å²) in [7, 11) is 0. The Bertz CT molecular complexity index is 424. The van der Waals surface area contributed by atoms with Crippen LogP contribution in [0.2, 0.25) is 0 Å². The Hall–Kier alpha value is -0.0800. The van der Waals surface area contributed by atoms with Crippen molar-refractivity contribution in [1.29, 1.82) is 0 Å². The third-order valence-corrected chi connectivity index (χ3v) is 9.22. The first-order valence-corrected chi connectivity index (χ1v) is 19.3. The molecule has 4 N–H and O–H groups in total. The van der Waals surface area contributed by atoms with Crippen molar-refractivity contribution in [1.82, 2.24) is 0 Å². The molecule has 1 unspecified atom stereocenters. The third-order valence-electron chi connectivity index (χ3n) is 9.22. The first-order valence-electron chi connectivity index (χ1n) is 19.3. The molecule has 0 aromatic heterocycles. The van der Waals surface area contributed by atoms with E-state index in [1.165, 1.54) is 212 Å². The van der Waals surface area contributed by atoms with E-state index in [1.54, 1.807) is 0 Å². The van der Waals surface area contributed by atoms with E-state index in [-0.39, 0.29) is 0 Å². The largest absolute Gasteiger partial charge is 0.330 e. The van der Waals surface area contributed by atoms with Crippen LogP contribution in [0.1, 0.15) is 232 Å². The maximum absolute atomic E-state index is 6.02. The molecule has 0 aliphatic rings. The quantitative estimate of drug-likeness (QED) is 0.0743. The Labute approximate surface area is 255 Å². The van der Waals surface area contributed by atoms with Crippen LogP contribution in [0, 0.1) is 0 Å². The monoisotopic (exact) mass is 565 g/mol. The van der Waals surface area contributed by atoms with Gasteiger partial charge in [-0.2, -0.15) is 0 Å². The molecule has 1 atom stereocenters. The van der Waals surface area contributed by atoms with Gasteiger partial charge in [0.25, 0.3) is 0 Å². The van der Waals surface area contributed by atoms with Gasteiger partial charge >= 0.3 is 0 Å². The molecular formula is C38H80N2. The Kier molecular flexibility index (Phi) is 36.9. The van der Waals surface area contributed by atoms with Gasteiger partial charge in [0.05, 0.1) is 0 Å². The number of hydrogen-bond acceptors (Lipinski definition) is 2. The molecule has 0 saturated heterocycles. The zero-order chi connectivity index (χ0) is 29.0. The van der Waals surface area contributed by atoms with Crippen LogP contribution in [0.3, 0.4) is 0 Å². The van der Waals surface area contributed by atoms with Crippen LogP contribution >= 0.6 is 0 Å². The van der Waals surface area contributed by atoms with Gasteiger partial charge in [0.15, 0.2) is 0 Å². The predicted molar refractivity (Wildman–Crippen MR) is 184 cm³/mol. The van der Waals surface area contributed by atoms with E-state index < -0.39 is 0 Å². The predicted octanol–water partition coefficient (Wildman–Crippen LogP) is 12.9. The molecule has 2 heteroatoms. The summed E-state index contributed by atoms with van der Waals surface area (Å²) in [4.78, 5) is 0. The molecule has 0 saturated carbocycles. The smallest absolute Gasteiger partial charge is 0.00508 e. The first-order chi connectivity index (χ1) is 19.8. The molecule has 0 aliphatic heterocycles. The lowest BCUT2D eigenvalue weighted by atomic mass is 10.0. The molecule has 0 amide bonds. The molecule has 0 rings (SSSR count). The van der Waals surface area contributed by atoms with Crippen LogP contribution < -0.4 is 11.5 Å². The number of rotatable bonds is 36. The fourth-order valence-corrected chi connectivity index (χ4v) is 6.32. The minimum atomic E-state index is 0.337. The highest BCUT2D eigenvalue weighted by atomic mass is 14.6. The van der Waals surface area contributed by atoms with Gasteiger partial charge < -0.3 is 11.5 Å². The van der Waals surface area contributed by atoms with E-state index in [2.05, 4.69) is 6.92 Å². The lowest BCUT2D eigenvalue weighted by Crippen LogP contribution is -2.23. The Morgan fingerprint density at radius 3 is 0.700 bits per heavy atom. The summed E-state index contributed by atoms with van der Waals surface area (Å²) in [5, 5.41) is 0. The van der Waals surface area contributed by atoms with E-state index >= 15 is 0 Å². The average Bonchev–Trinajstić information content (AvgIpc) is 2.95. The fraction of sp³-hybridized carbons (Fsp3) is 1.00. The van der Waals surface area contributed by atoms with E-state index in [0.717, 1.165) is 19.4 Å². The summed E-state index contributed by atoms with van der Waals surface area (Å²) in [6.45, 7) is 3.04. The molecule has 40 heavy (non-hydrogen) atoms. The second-order valence-electron chi connectivity index (χ2n) is 13.4. The maximum atomic E-state index is 6.02. The molecule has 0 aliphatic carbocycles. The first kappa shape index (κ1) is 39.9. The summed E-state index contributed by atoms with van der Waals surface area (Å²) in [5.74, 6) is 0. The van der Waals surface area contributed by atoms with E-state index in [0.29, 0.717) is 6.04 Å².